The summed E-state index contributed by atoms with van der Waals surface area (Å²) in [6.07, 6.45) is 4.31. The van der Waals surface area contributed by atoms with Crippen LogP contribution in [-0.2, 0) is 27.2 Å². The minimum atomic E-state index is -0.782. The lowest BCUT2D eigenvalue weighted by Crippen LogP contribution is -2.51. The number of nitrogens with zero attached hydrogens (tertiary/aromatic N) is 5. The van der Waals surface area contributed by atoms with Crippen LogP contribution >= 0.6 is 11.3 Å². The second-order valence-corrected chi connectivity index (χ2v) is 20.0. The quantitative estimate of drug-likeness (QED) is 0.109. The van der Waals surface area contributed by atoms with Gasteiger partial charge in [-0.3, -0.25) is 14.3 Å². The molecule has 0 radical (unpaired) electrons. The Balaban J connectivity index is 1.03. The number of hydrogen-bond donors (Lipinski definition) is 3. The molecule has 65 heavy (non-hydrogen) atoms. The molecule has 16 heteroatoms. The van der Waals surface area contributed by atoms with E-state index in [2.05, 4.69) is 56.9 Å². The van der Waals surface area contributed by atoms with Crippen molar-refractivity contribution in [2.45, 2.75) is 111 Å². The maximum absolute atomic E-state index is 16.8. The molecular formula is C49H57FN8O6S. The third kappa shape index (κ3) is 8.25. The van der Waals surface area contributed by atoms with Gasteiger partial charge >= 0.3 is 12.2 Å². The third-order valence-corrected chi connectivity index (χ3v) is 14.1. The summed E-state index contributed by atoms with van der Waals surface area (Å²) in [5.41, 5.74) is 4.16. The number of amides is 3. The van der Waals surface area contributed by atoms with Gasteiger partial charge in [0.05, 0.1) is 65.1 Å². The first-order valence-corrected chi connectivity index (χ1v) is 23.4. The summed E-state index contributed by atoms with van der Waals surface area (Å²) in [6, 6.07) is 14.9. The van der Waals surface area contributed by atoms with Gasteiger partial charge in [-0.2, -0.15) is 0 Å². The molecule has 2 aliphatic heterocycles. The van der Waals surface area contributed by atoms with E-state index in [1.54, 1.807) is 22.4 Å². The molecule has 2 fully saturated rings. The van der Waals surface area contributed by atoms with Gasteiger partial charge < -0.3 is 34.4 Å². The van der Waals surface area contributed by atoms with Crippen LogP contribution in [0.4, 0.5) is 14.0 Å². The normalized spacial score (nSPS) is 20.2. The van der Waals surface area contributed by atoms with Crippen LogP contribution in [0.3, 0.4) is 0 Å². The molecule has 2 aromatic carbocycles. The Morgan fingerprint density at radius 3 is 2.51 bits per heavy atom. The molecule has 5 unspecified atom stereocenters. The van der Waals surface area contributed by atoms with E-state index in [-0.39, 0.29) is 36.5 Å². The van der Waals surface area contributed by atoms with Crippen molar-refractivity contribution < 1.29 is 33.0 Å². The largest absolute Gasteiger partial charge is 0.464 e. The van der Waals surface area contributed by atoms with Crippen molar-refractivity contribution in [3.63, 3.8) is 0 Å². The summed E-state index contributed by atoms with van der Waals surface area (Å²) in [6.45, 7) is 16.3. The van der Waals surface area contributed by atoms with Crippen molar-refractivity contribution in [3.05, 3.63) is 88.1 Å². The van der Waals surface area contributed by atoms with Crippen molar-refractivity contribution in [2.75, 3.05) is 13.7 Å². The smallest absolute Gasteiger partial charge is 0.411 e. The molecule has 14 nitrogen and oxygen atoms in total. The third-order valence-electron chi connectivity index (χ3n) is 12.9. The maximum Gasteiger partial charge on any atom is 0.411 e. The highest BCUT2D eigenvalue weighted by Gasteiger charge is 2.61. The fraction of sp³-hybridized carbons (Fsp3) is 0.449. The zero-order valence-electron chi connectivity index (χ0n) is 38.3. The molecule has 0 bridgehead atoms. The fourth-order valence-corrected chi connectivity index (χ4v) is 10.6. The number of piperidine rings is 1. The number of H-pyrrole nitrogens is 2. The van der Waals surface area contributed by atoms with Crippen LogP contribution in [0.25, 0.3) is 44.7 Å². The molecule has 3 N–H and O–H groups in total. The van der Waals surface area contributed by atoms with E-state index in [0.29, 0.717) is 58.9 Å². The van der Waals surface area contributed by atoms with E-state index in [1.807, 2.05) is 76.9 Å². The van der Waals surface area contributed by atoms with Crippen molar-refractivity contribution in [1.82, 2.24) is 39.6 Å². The number of carbonyl (C=O) groups excluding carboxylic acids is 3. The van der Waals surface area contributed by atoms with E-state index < -0.39 is 29.8 Å². The van der Waals surface area contributed by atoms with E-state index in [1.165, 1.54) is 18.1 Å². The second kappa shape index (κ2) is 17.0. The number of aromatic nitrogens is 5. The monoisotopic (exact) mass is 904 g/mol. The zero-order chi connectivity index (χ0) is 46.1. The summed E-state index contributed by atoms with van der Waals surface area (Å²) in [5, 5.41) is 3.57. The molecule has 6 atom stereocenters. The van der Waals surface area contributed by atoms with Crippen LogP contribution in [0.2, 0.25) is 0 Å². The summed E-state index contributed by atoms with van der Waals surface area (Å²) in [7, 11) is 1.26. The number of nitrogens with one attached hydrogen (secondary N) is 3. The van der Waals surface area contributed by atoms with Crippen LogP contribution in [0.5, 0.6) is 5.75 Å². The van der Waals surface area contributed by atoms with E-state index in [4.69, 9.17) is 19.2 Å². The number of benzene rings is 2. The first-order valence-electron chi connectivity index (χ1n) is 22.6. The average Bonchev–Trinajstić information content (AvgIpc) is 4.00. The van der Waals surface area contributed by atoms with Gasteiger partial charge in [-0.15, -0.1) is 11.3 Å². The van der Waals surface area contributed by atoms with Crippen LogP contribution < -0.4 is 10.1 Å². The van der Waals surface area contributed by atoms with Gasteiger partial charge in [0.15, 0.2) is 0 Å². The number of rotatable bonds is 12. The lowest BCUT2D eigenvalue weighted by molar-refractivity contribution is -0.135. The lowest BCUT2D eigenvalue weighted by Gasteiger charge is -2.30. The Kier molecular flexibility index (Phi) is 11.5. The molecule has 9 rings (SSSR count). The second-order valence-electron chi connectivity index (χ2n) is 18.8. The predicted molar refractivity (Wildman–Crippen MR) is 247 cm³/mol. The molecule has 3 aliphatic rings. The van der Waals surface area contributed by atoms with E-state index >= 15 is 4.39 Å². The number of thiophene rings is 1. The highest BCUT2D eigenvalue weighted by atomic mass is 32.1. The summed E-state index contributed by atoms with van der Waals surface area (Å²) < 4.78 is 36.3. The number of imidazole rings is 2. The number of fused-ring (bicyclic) bond motifs is 6. The predicted octanol–water partition coefficient (Wildman–Crippen LogP) is 10.2. The number of methoxy groups -OCH3 is 1. The molecule has 1 saturated heterocycles. The van der Waals surface area contributed by atoms with Crippen molar-refractivity contribution in [1.29, 1.82) is 0 Å². The summed E-state index contributed by atoms with van der Waals surface area (Å²) in [5.74, 6) is 1.62. The molecule has 6 heterocycles. The molecule has 3 amide bonds. The zero-order valence-corrected chi connectivity index (χ0v) is 39.1. The summed E-state index contributed by atoms with van der Waals surface area (Å²) >= 11 is 1.67. The van der Waals surface area contributed by atoms with Gasteiger partial charge in [0, 0.05) is 34.0 Å². The topological polar surface area (TPSA) is 160 Å². The molecular weight excluding hydrogens is 848 g/mol. The van der Waals surface area contributed by atoms with Crippen LogP contribution in [0.1, 0.15) is 102 Å². The number of hydrogen-bond acceptors (Lipinski definition) is 9. The van der Waals surface area contributed by atoms with Gasteiger partial charge in [0.2, 0.25) is 12.1 Å². The van der Waals surface area contributed by atoms with Crippen molar-refractivity contribution in [2.24, 2.45) is 17.8 Å². The first kappa shape index (κ1) is 44.1. The number of aromatic amines is 2. The molecule has 6 aromatic rings. The Hall–Kier alpha value is -6.16. The number of aryl methyl sites for hydroxylation is 1. The fourth-order valence-electron chi connectivity index (χ4n) is 9.58. The number of likely N-dealkylation sites (tertiary alicyclic amines) is 1. The average molecular weight is 905 g/mol. The molecule has 1 saturated carbocycles. The van der Waals surface area contributed by atoms with E-state index in [0.717, 1.165) is 45.7 Å². The Morgan fingerprint density at radius 2 is 1.80 bits per heavy atom. The number of carbonyl (C=O) groups is 3. The number of alkyl carbamates (subject to hydrolysis) is 1. The van der Waals surface area contributed by atoms with Crippen LogP contribution in [-0.4, -0.2) is 83.7 Å². The minimum absolute atomic E-state index is 0.149. The Bertz CT molecular complexity index is 2780. The minimum Gasteiger partial charge on any atom is -0.464 e. The standard InChI is InChI=1S/C49H57FN8O6S/c1-10-16-56(45(59)42(25(3)4)55-47(60)62-9)24-40-51-22-34(53-40)28-18-32(50)41-36-19-29-17-27(12-14-35(29)57(36)46(63-38(41)20-28)39-15-13-30(11-2)65-39)33-23-52-44(54-33)37-21-31-26(5)43(31)58(37)48(61)64-49(6,7)8/h12-15,17-20,22-23,25-26,31,37,42-43,46H,10-11,16,21,24H2,1-9H3,(H,51,53)(H,52,54)(H,55,60)/t26?,31?,37-,42?,43?,46?/m0/s1. The Labute approximate surface area is 381 Å². The highest BCUT2D eigenvalue weighted by molar-refractivity contribution is 7.12. The molecule has 0 spiro atoms. The lowest BCUT2D eigenvalue weighted by atomic mass is 10.0. The van der Waals surface area contributed by atoms with Crippen LogP contribution in [0, 0.1) is 23.6 Å². The SMILES string of the molecule is CCCN(Cc1ncc(-c2cc(F)c3c(c2)OC(c2ccc(CC)s2)n2c-3cc3cc(-c4cnc([C@@H]5CC6C(C)C6N5C(=O)OC(C)(C)C)[nH]4)ccc32)[nH]1)C(=O)C(NC(=O)OC)C(C)C. The van der Waals surface area contributed by atoms with Gasteiger partial charge in [-0.25, -0.2) is 23.9 Å². The van der Waals surface area contributed by atoms with E-state index in [9.17, 15) is 14.4 Å². The first-order chi connectivity index (χ1) is 31.1. The van der Waals surface area contributed by atoms with Crippen molar-refractivity contribution in [3.8, 4) is 39.5 Å². The Morgan fingerprint density at radius 1 is 1.03 bits per heavy atom. The highest BCUT2D eigenvalue weighted by Crippen LogP contribution is 2.58. The number of halogens is 1. The molecule has 1 aliphatic carbocycles. The maximum atomic E-state index is 16.8. The van der Waals surface area contributed by atoms with Gasteiger partial charge in [-0.05, 0) is 100 Å². The van der Waals surface area contributed by atoms with Gasteiger partial charge in [0.25, 0.3) is 0 Å². The van der Waals surface area contributed by atoms with Gasteiger partial charge in [0.1, 0.15) is 34.9 Å². The molecule has 342 valence electrons. The van der Waals surface area contributed by atoms with Crippen molar-refractivity contribution >= 4 is 40.3 Å². The number of ether oxygens (including phenoxy) is 3. The molecule has 4 aromatic heterocycles. The van der Waals surface area contributed by atoms with Gasteiger partial charge in [-0.1, -0.05) is 40.7 Å². The van der Waals surface area contributed by atoms with Crippen LogP contribution in [0.15, 0.2) is 60.9 Å². The summed E-state index contributed by atoms with van der Waals surface area (Å²) in [4.78, 5) is 61.2.